The van der Waals surface area contributed by atoms with Gasteiger partial charge in [0.2, 0.25) is 0 Å². The molecule has 1 amide bonds. The summed E-state index contributed by atoms with van der Waals surface area (Å²) in [7, 11) is 0. The summed E-state index contributed by atoms with van der Waals surface area (Å²) in [6, 6.07) is 1.55. The summed E-state index contributed by atoms with van der Waals surface area (Å²) < 4.78 is 5.63. The standard InChI is InChI=1S/C13H18Cl2N2O3/c14-10-8-11(16-12(10)15)13(19)17-4-2-9(3-5-17)20-7-1-6-18/h8-9,16,18H,1-7H2. The average Bonchev–Trinajstić information content (AvgIpc) is 2.79. The zero-order valence-electron chi connectivity index (χ0n) is 11.1. The molecule has 0 spiro atoms. The summed E-state index contributed by atoms with van der Waals surface area (Å²) in [5.41, 5.74) is 0.416. The van der Waals surface area contributed by atoms with Crippen LogP contribution in [0.2, 0.25) is 10.2 Å². The number of hydrogen-bond donors (Lipinski definition) is 2. The number of rotatable bonds is 5. The number of aliphatic hydroxyl groups excluding tert-OH is 1. The van der Waals surface area contributed by atoms with E-state index in [-0.39, 0.29) is 23.8 Å². The molecule has 2 N–H and O–H groups in total. The second-order valence-corrected chi connectivity index (χ2v) is 5.57. The topological polar surface area (TPSA) is 65.6 Å². The van der Waals surface area contributed by atoms with Crippen molar-refractivity contribution in [1.29, 1.82) is 0 Å². The zero-order valence-corrected chi connectivity index (χ0v) is 12.6. The first-order valence-electron chi connectivity index (χ1n) is 6.67. The molecule has 1 fully saturated rings. The molecule has 2 heterocycles. The lowest BCUT2D eigenvalue weighted by Crippen LogP contribution is -2.41. The molecular formula is C13H18Cl2N2O3. The van der Waals surface area contributed by atoms with Gasteiger partial charge >= 0.3 is 0 Å². The summed E-state index contributed by atoms with van der Waals surface area (Å²) in [4.78, 5) is 16.8. The molecule has 0 atom stereocenters. The van der Waals surface area contributed by atoms with Gasteiger partial charge in [0, 0.05) is 26.3 Å². The first kappa shape index (κ1) is 15.6. The number of amides is 1. The van der Waals surface area contributed by atoms with Crippen LogP contribution in [0.5, 0.6) is 0 Å². The van der Waals surface area contributed by atoms with E-state index in [0.29, 0.717) is 36.8 Å². The van der Waals surface area contributed by atoms with E-state index in [1.54, 1.807) is 11.0 Å². The molecule has 1 saturated heterocycles. The third-order valence-electron chi connectivity index (χ3n) is 3.34. The van der Waals surface area contributed by atoms with E-state index in [2.05, 4.69) is 4.98 Å². The van der Waals surface area contributed by atoms with Gasteiger partial charge < -0.3 is 19.7 Å². The molecule has 0 unspecified atom stereocenters. The predicted molar refractivity (Wildman–Crippen MR) is 77.4 cm³/mol. The van der Waals surface area contributed by atoms with E-state index >= 15 is 0 Å². The van der Waals surface area contributed by atoms with Crippen molar-refractivity contribution in [3.05, 3.63) is 21.9 Å². The number of carbonyl (C=O) groups excluding carboxylic acids is 1. The molecule has 7 heteroatoms. The average molecular weight is 321 g/mol. The van der Waals surface area contributed by atoms with Gasteiger partial charge in [-0.15, -0.1) is 0 Å². The van der Waals surface area contributed by atoms with E-state index in [1.165, 1.54) is 0 Å². The minimum atomic E-state index is -0.0902. The lowest BCUT2D eigenvalue weighted by Gasteiger charge is -2.31. The molecule has 1 aliphatic heterocycles. The van der Waals surface area contributed by atoms with Crippen LogP contribution < -0.4 is 0 Å². The minimum Gasteiger partial charge on any atom is -0.396 e. The van der Waals surface area contributed by atoms with Crippen molar-refractivity contribution in [2.24, 2.45) is 0 Å². The molecular weight excluding hydrogens is 303 g/mol. The van der Waals surface area contributed by atoms with E-state index < -0.39 is 0 Å². The van der Waals surface area contributed by atoms with E-state index in [1.807, 2.05) is 0 Å². The number of carbonyl (C=O) groups is 1. The Morgan fingerprint density at radius 1 is 1.45 bits per heavy atom. The number of aromatic amines is 1. The number of aromatic nitrogens is 1. The lowest BCUT2D eigenvalue weighted by atomic mass is 10.1. The SMILES string of the molecule is O=C(c1cc(Cl)c(Cl)[nH]1)N1CCC(OCCCO)CC1. The fraction of sp³-hybridized carbons (Fsp3) is 0.615. The van der Waals surface area contributed by atoms with Crippen LogP contribution in [-0.2, 0) is 4.74 Å². The quantitative estimate of drug-likeness (QED) is 0.818. The molecule has 1 aromatic rings. The van der Waals surface area contributed by atoms with Gasteiger partial charge in [0.25, 0.3) is 5.91 Å². The summed E-state index contributed by atoms with van der Waals surface area (Å²) >= 11 is 11.6. The van der Waals surface area contributed by atoms with Crippen LogP contribution in [0.1, 0.15) is 29.8 Å². The fourth-order valence-corrected chi connectivity index (χ4v) is 2.54. The first-order valence-corrected chi connectivity index (χ1v) is 7.43. The Morgan fingerprint density at radius 3 is 2.70 bits per heavy atom. The highest BCUT2D eigenvalue weighted by Gasteiger charge is 2.25. The largest absolute Gasteiger partial charge is 0.396 e. The van der Waals surface area contributed by atoms with Crippen molar-refractivity contribution < 1.29 is 14.6 Å². The molecule has 20 heavy (non-hydrogen) atoms. The van der Waals surface area contributed by atoms with Crippen molar-refractivity contribution in [2.45, 2.75) is 25.4 Å². The number of nitrogens with one attached hydrogen (secondary N) is 1. The van der Waals surface area contributed by atoms with Crippen molar-refractivity contribution in [3.8, 4) is 0 Å². The van der Waals surface area contributed by atoms with Crippen molar-refractivity contribution in [1.82, 2.24) is 9.88 Å². The second kappa shape index (κ2) is 7.31. The van der Waals surface area contributed by atoms with Gasteiger partial charge in [-0.05, 0) is 25.3 Å². The van der Waals surface area contributed by atoms with Crippen molar-refractivity contribution in [3.63, 3.8) is 0 Å². The molecule has 0 radical (unpaired) electrons. The summed E-state index contributed by atoms with van der Waals surface area (Å²) in [5.74, 6) is -0.0902. The maximum absolute atomic E-state index is 12.2. The molecule has 5 nitrogen and oxygen atoms in total. The molecule has 0 aromatic carbocycles. The molecule has 0 aliphatic carbocycles. The molecule has 112 valence electrons. The Bertz CT molecular complexity index is 437. The van der Waals surface area contributed by atoms with Crippen molar-refractivity contribution >= 4 is 29.1 Å². The van der Waals surface area contributed by atoms with Crippen LogP contribution in [0.3, 0.4) is 0 Å². The third-order valence-corrected chi connectivity index (χ3v) is 4.03. The van der Waals surface area contributed by atoms with Gasteiger partial charge in [-0.3, -0.25) is 4.79 Å². The van der Waals surface area contributed by atoms with E-state index in [9.17, 15) is 4.79 Å². The fourth-order valence-electron chi connectivity index (χ4n) is 2.23. The molecule has 1 aliphatic rings. The third kappa shape index (κ3) is 3.88. The normalized spacial score (nSPS) is 16.6. The number of piperidine rings is 1. The van der Waals surface area contributed by atoms with Gasteiger partial charge in [0.1, 0.15) is 10.8 Å². The highest BCUT2D eigenvalue weighted by atomic mass is 35.5. The summed E-state index contributed by atoms with van der Waals surface area (Å²) in [6.07, 6.45) is 2.43. The van der Waals surface area contributed by atoms with Gasteiger partial charge in [-0.1, -0.05) is 23.2 Å². The minimum absolute atomic E-state index is 0.0902. The summed E-state index contributed by atoms with van der Waals surface area (Å²) in [6.45, 7) is 2.01. The maximum Gasteiger partial charge on any atom is 0.270 e. The number of H-pyrrole nitrogens is 1. The lowest BCUT2D eigenvalue weighted by molar-refractivity contribution is 0.00385. The van der Waals surface area contributed by atoms with Crippen LogP contribution in [-0.4, -0.2) is 53.3 Å². The number of likely N-dealkylation sites (tertiary alicyclic amines) is 1. The maximum atomic E-state index is 12.2. The van der Waals surface area contributed by atoms with E-state index in [0.717, 1.165) is 12.8 Å². The first-order chi connectivity index (χ1) is 9.61. The Kier molecular flexibility index (Phi) is 5.72. The van der Waals surface area contributed by atoms with Crippen LogP contribution in [0.15, 0.2) is 6.07 Å². The van der Waals surface area contributed by atoms with Crippen LogP contribution in [0.25, 0.3) is 0 Å². The van der Waals surface area contributed by atoms with Crippen molar-refractivity contribution in [2.75, 3.05) is 26.3 Å². The molecule has 1 aromatic heterocycles. The summed E-state index contributed by atoms with van der Waals surface area (Å²) in [5, 5.41) is 9.35. The predicted octanol–water partition coefficient (Wildman–Crippen LogP) is 2.33. The number of halogens is 2. The van der Waals surface area contributed by atoms with Gasteiger partial charge in [0.15, 0.2) is 0 Å². The number of aliphatic hydroxyl groups is 1. The Hall–Kier alpha value is -0.750. The molecule has 2 rings (SSSR count). The number of hydrogen-bond acceptors (Lipinski definition) is 3. The zero-order chi connectivity index (χ0) is 14.5. The molecule has 0 saturated carbocycles. The van der Waals surface area contributed by atoms with Crippen LogP contribution >= 0.6 is 23.2 Å². The van der Waals surface area contributed by atoms with Crippen LogP contribution in [0.4, 0.5) is 0 Å². The van der Waals surface area contributed by atoms with E-state index in [4.69, 9.17) is 33.0 Å². The van der Waals surface area contributed by atoms with Gasteiger partial charge in [-0.25, -0.2) is 0 Å². The Balaban J connectivity index is 1.82. The Morgan fingerprint density at radius 2 is 2.15 bits per heavy atom. The van der Waals surface area contributed by atoms with Crippen LogP contribution in [0, 0.1) is 0 Å². The highest BCUT2D eigenvalue weighted by molar-refractivity contribution is 6.41. The van der Waals surface area contributed by atoms with Gasteiger partial charge in [0.05, 0.1) is 11.1 Å². The smallest absolute Gasteiger partial charge is 0.270 e. The monoisotopic (exact) mass is 320 g/mol. The number of nitrogens with zero attached hydrogens (tertiary/aromatic N) is 1. The number of ether oxygens (including phenoxy) is 1. The second-order valence-electron chi connectivity index (χ2n) is 4.78. The Labute approximate surface area is 127 Å². The highest BCUT2D eigenvalue weighted by Crippen LogP contribution is 2.24. The molecule has 0 bridgehead atoms. The van der Waals surface area contributed by atoms with Gasteiger partial charge in [-0.2, -0.15) is 0 Å².